The third-order valence-electron chi connectivity index (χ3n) is 4.13. The summed E-state index contributed by atoms with van der Waals surface area (Å²) in [7, 11) is 0. The van der Waals surface area contributed by atoms with Crippen molar-refractivity contribution in [3.05, 3.63) is 62.5 Å². The van der Waals surface area contributed by atoms with Crippen LogP contribution in [-0.2, 0) is 16.1 Å². The van der Waals surface area contributed by atoms with E-state index in [2.05, 4.69) is 21.2 Å². The SMILES string of the molecule is CC(C)NC(=O)[C@@H](C)N(Cc1ccc(Cl)cc1Cl)C(=O)COc1ccc(Br)cc1. The lowest BCUT2D eigenvalue weighted by Gasteiger charge is -2.29. The average molecular weight is 502 g/mol. The van der Waals surface area contributed by atoms with Crippen molar-refractivity contribution in [2.24, 2.45) is 0 Å². The highest BCUT2D eigenvalue weighted by atomic mass is 79.9. The first-order valence-electron chi connectivity index (χ1n) is 9.09. The van der Waals surface area contributed by atoms with E-state index in [0.717, 1.165) is 4.47 Å². The molecule has 29 heavy (non-hydrogen) atoms. The zero-order valence-electron chi connectivity index (χ0n) is 16.4. The van der Waals surface area contributed by atoms with Crippen molar-refractivity contribution in [3.8, 4) is 5.75 Å². The van der Waals surface area contributed by atoms with E-state index in [0.29, 0.717) is 21.4 Å². The molecule has 0 heterocycles. The molecule has 0 aliphatic rings. The van der Waals surface area contributed by atoms with Crippen molar-refractivity contribution >= 4 is 50.9 Å². The maximum atomic E-state index is 12.9. The molecule has 0 aliphatic heterocycles. The van der Waals surface area contributed by atoms with Crippen LogP contribution in [0.4, 0.5) is 0 Å². The van der Waals surface area contributed by atoms with Crippen LogP contribution in [0.25, 0.3) is 0 Å². The van der Waals surface area contributed by atoms with Crippen molar-refractivity contribution in [3.63, 3.8) is 0 Å². The Bertz CT molecular complexity index is 860. The molecule has 2 aromatic rings. The molecule has 0 aliphatic carbocycles. The number of hydrogen-bond donors (Lipinski definition) is 1. The molecule has 8 heteroatoms. The van der Waals surface area contributed by atoms with Gasteiger partial charge in [0.25, 0.3) is 5.91 Å². The highest BCUT2D eigenvalue weighted by Gasteiger charge is 2.27. The zero-order valence-corrected chi connectivity index (χ0v) is 19.5. The molecule has 5 nitrogen and oxygen atoms in total. The van der Waals surface area contributed by atoms with E-state index in [4.69, 9.17) is 27.9 Å². The Kier molecular flexibility index (Phi) is 8.80. The Morgan fingerprint density at radius 2 is 1.76 bits per heavy atom. The molecule has 0 fully saturated rings. The Morgan fingerprint density at radius 3 is 2.34 bits per heavy atom. The summed E-state index contributed by atoms with van der Waals surface area (Å²) in [4.78, 5) is 26.9. The van der Waals surface area contributed by atoms with Crippen LogP contribution in [-0.4, -0.2) is 35.4 Å². The molecule has 0 saturated carbocycles. The van der Waals surface area contributed by atoms with Crippen molar-refractivity contribution < 1.29 is 14.3 Å². The average Bonchev–Trinajstić information content (AvgIpc) is 2.65. The lowest BCUT2D eigenvalue weighted by Crippen LogP contribution is -2.50. The third-order valence-corrected chi connectivity index (χ3v) is 5.25. The van der Waals surface area contributed by atoms with Crippen molar-refractivity contribution in [2.45, 2.75) is 39.4 Å². The number of halogens is 3. The molecular formula is C21H23BrCl2N2O3. The third kappa shape index (κ3) is 7.21. The van der Waals surface area contributed by atoms with Crippen molar-refractivity contribution in [2.75, 3.05) is 6.61 Å². The van der Waals surface area contributed by atoms with Gasteiger partial charge in [-0.1, -0.05) is 45.2 Å². The van der Waals surface area contributed by atoms with Crippen molar-refractivity contribution in [1.82, 2.24) is 10.2 Å². The van der Waals surface area contributed by atoms with Gasteiger partial charge < -0.3 is 15.0 Å². The van der Waals surface area contributed by atoms with Gasteiger partial charge >= 0.3 is 0 Å². The topological polar surface area (TPSA) is 58.6 Å². The van der Waals surface area contributed by atoms with Crippen LogP contribution < -0.4 is 10.1 Å². The standard InChI is InChI=1S/C21H23BrCl2N2O3/c1-13(2)25-21(28)14(3)26(11-15-4-7-17(23)10-19(15)24)20(27)12-29-18-8-5-16(22)6-9-18/h4-10,13-14H,11-12H2,1-3H3,(H,25,28)/t14-/m1/s1. The van der Waals surface area contributed by atoms with Crippen LogP contribution >= 0.6 is 39.1 Å². The van der Waals surface area contributed by atoms with E-state index in [-0.39, 0.29) is 31.0 Å². The number of nitrogens with one attached hydrogen (secondary N) is 1. The number of hydrogen-bond acceptors (Lipinski definition) is 3. The second kappa shape index (κ2) is 10.9. The number of carbonyl (C=O) groups excluding carboxylic acids is 2. The zero-order chi connectivity index (χ0) is 21.6. The molecule has 0 aromatic heterocycles. The van der Waals surface area contributed by atoms with E-state index < -0.39 is 6.04 Å². The van der Waals surface area contributed by atoms with Gasteiger partial charge in [0.05, 0.1) is 0 Å². The number of ether oxygens (including phenoxy) is 1. The first-order chi connectivity index (χ1) is 13.7. The fourth-order valence-corrected chi connectivity index (χ4v) is 3.31. The first kappa shape index (κ1) is 23.5. The largest absolute Gasteiger partial charge is 0.484 e. The molecule has 0 spiro atoms. The van der Waals surface area contributed by atoms with Crippen LogP contribution in [0.2, 0.25) is 10.0 Å². The number of nitrogens with zero attached hydrogens (tertiary/aromatic N) is 1. The van der Waals surface area contributed by atoms with Gasteiger partial charge in [0.2, 0.25) is 5.91 Å². The van der Waals surface area contributed by atoms with Crippen LogP contribution in [0.5, 0.6) is 5.75 Å². The Balaban J connectivity index is 2.18. The normalized spacial score (nSPS) is 11.8. The Morgan fingerprint density at radius 1 is 1.10 bits per heavy atom. The second-order valence-electron chi connectivity index (χ2n) is 6.84. The maximum absolute atomic E-state index is 12.9. The molecular weight excluding hydrogens is 479 g/mol. The van der Waals surface area contributed by atoms with Gasteiger partial charge in [0.15, 0.2) is 6.61 Å². The maximum Gasteiger partial charge on any atom is 0.261 e. The Labute approximate surface area is 189 Å². The summed E-state index contributed by atoms with van der Waals surface area (Å²) in [5, 5.41) is 3.77. The lowest BCUT2D eigenvalue weighted by atomic mass is 10.1. The summed E-state index contributed by atoms with van der Waals surface area (Å²) in [6, 6.07) is 11.5. The van der Waals surface area contributed by atoms with E-state index in [9.17, 15) is 9.59 Å². The molecule has 2 rings (SSSR count). The minimum atomic E-state index is -0.704. The number of rotatable bonds is 8. The molecule has 0 unspecified atom stereocenters. The van der Waals surface area contributed by atoms with Crippen LogP contribution in [0, 0.1) is 0 Å². The summed E-state index contributed by atoms with van der Waals surface area (Å²) in [5.74, 6) is -0.0160. The summed E-state index contributed by atoms with van der Waals surface area (Å²) in [5.41, 5.74) is 0.692. The van der Waals surface area contributed by atoms with Crippen LogP contribution in [0.1, 0.15) is 26.3 Å². The minimum absolute atomic E-state index is 0.0416. The van der Waals surface area contributed by atoms with Gasteiger partial charge in [-0.2, -0.15) is 0 Å². The summed E-state index contributed by atoms with van der Waals surface area (Å²) < 4.78 is 6.52. The second-order valence-corrected chi connectivity index (χ2v) is 8.60. The molecule has 0 saturated heterocycles. The Hall–Kier alpha value is -1.76. The smallest absolute Gasteiger partial charge is 0.261 e. The summed E-state index contributed by atoms with van der Waals surface area (Å²) >= 11 is 15.6. The van der Waals surface area contributed by atoms with Gasteiger partial charge in [-0.15, -0.1) is 0 Å². The van der Waals surface area contributed by atoms with Gasteiger partial charge in [-0.3, -0.25) is 9.59 Å². The highest BCUT2D eigenvalue weighted by molar-refractivity contribution is 9.10. The van der Waals surface area contributed by atoms with E-state index in [1.165, 1.54) is 4.90 Å². The number of benzene rings is 2. The van der Waals surface area contributed by atoms with E-state index in [1.54, 1.807) is 37.3 Å². The number of carbonyl (C=O) groups is 2. The molecule has 0 bridgehead atoms. The van der Waals surface area contributed by atoms with E-state index >= 15 is 0 Å². The molecule has 2 aromatic carbocycles. The summed E-state index contributed by atoms with van der Waals surface area (Å²) in [6.07, 6.45) is 0. The fraction of sp³-hybridized carbons (Fsp3) is 0.333. The first-order valence-corrected chi connectivity index (χ1v) is 10.6. The predicted octanol–water partition coefficient (Wildman–Crippen LogP) is 5.08. The molecule has 0 radical (unpaired) electrons. The number of amides is 2. The molecule has 156 valence electrons. The molecule has 1 atom stereocenters. The van der Waals surface area contributed by atoms with Crippen molar-refractivity contribution in [1.29, 1.82) is 0 Å². The monoisotopic (exact) mass is 500 g/mol. The highest BCUT2D eigenvalue weighted by Crippen LogP contribution is 2.23. The quantitative estimate of drug-likeness (QED) is 0.548. The van der Waals surface area contributed by atoms with Gasteiger partial charge in [-0.25, -0.2) is 0 Å². The summed E-state index contributed by atoms with van der Waals surface area (Å²) in [6.45, 7) is 5.36. The van der Waals surface area contributed by atoms with Crippen LogP contribution in [0.3, 0.4) is 0 Å². The fourth-order valence-electron chi connectivity index (χ4n) is 2.58. The van der Waals surface area contributed by atoms with E-state index in [1.807, 2.05) is 26.0 Å². The van der Waals surface area contributed by atoms with Gasteiger partial charge in [0, 0.05) is 27.1 Å². The van der Waals surface area contributed by atoms with Crippen LogP contribution in [0.15, 0.2) is 46.9 Å². The minimum Gasteiger partial charge on any atom is -0.484 e. The predicted molar refractivity (Wildman–Crippen MR) is 119 cm³/mol. The molecule has 1 N–H and O–H groups in total. The van der Waals surface area contributed by atoms with Gasteiger partial charge in [-0.05, 0) is 62.7 Å². The lowest BCUT2D eigenvalue weighted by molar-refractivity contribution is -0.142. The molecule has 2 amide bonds. The van der Waals surface area contributed by atoms with Gasteiger partial charge in [0.1, 0.15) is 11.8 Å².